The molecule has 0 aliphatic carbocycles. The van der Waals surface area contributed by atoms with Gasteiger partial charge in [-0.25, -0.2) is 0 Å². The summed E-state index contributed by atoms with van der Waals surface area (Å²) in [6.07, 6.45) is 0. The number of carbonyl (C=O) groups excluding carboxylic acids is 1. The maximum absolute atomic E-state index is 12.4. The van der Waals surface area contributed by atoms with E-state index in [9.17, 15) is 4.79 Å². The smallest absolute Gasteiger partial charge is 0.260 e. The number of benzene rings is 2. The molecular formula is C19H20Cl2N2O3. The zero-order valence-electron chi connectivity index (χ0n) is 14.5. The predicted octanol–water partition coefficient (Wildman–Crippen LogP) is 3.73. The largest absolute Gasteiger partial charge is 0.493 e. The highest BCUT2D eigenvalue weighted by molar-refractivity contribution is 6.35. The van der Waals surface area contributed by atoms with Crippen molar-refractivity contribution in [2.45, 2.75) is 0 Å². The van der Waals surface area contributed by atoms with Crippen molar-refractivity contribution in [3.63, 3.8) is 0 Å². The number of hydrogen-bond acceptors (Lipinski definition) is 4. The van der Waals surface area contributed by atoms with E-state index in [1.807, 2.05) is 18.2 Å². The van der Waals surface area contributed by atoms with Crippen LogP contribution in [0.4, 0.5) is 5.69 Å². The first kappa shape index (κ1) is 18.7. The lowest BCUT2D eigenvalue weighted by atomic mass is 10.2. The third-order valence-electron chi connectivity index (χ3n) is 4.30. The fourth-order valence-corrected chi connectivity index (χ4v) is 3.30. The zero-order valence-corrected chi connectivity index (χ0v) is 16.0. The van der Waals surface area contributed by atoms with Crippen LogP contribution in [0.2, 0.25) is 10.0 Å². The van der Waals surface area contributed by atoms with Gasteiger partial charge >= 0.3 is 0 Å². The molecule has 2 aromatic carbocycles. The summed E-state index contributed by atoms with van der Waals surface area (Å²) in [5.74, 6) is 1.13. The number of nitrogens with zero attached hydrogens (tertiary/aromatic N) is 2. The van der Waals surface area contributed by atoms with Crippen molar-refractivity contribution >= 4 is 34.8 Å². The van der Waals surface area contributed by atoms with Gasteiger partial charge in [0.05, 0.1) is 17.8 Å². The molecule has 3 rings (SSSR count). The van der Waals surface area contributed by atoms with Gasteiger partial charge in [-0.2, -0.15) is 0 Å². The molecule has 1 amide bonds. The molecule has 1 aliphatic rings. The fraction of sp³-hybridized carbons (Fsp3) is 0.316. The van der Waals surface area contributed by atoms with Gasteiger partial charge in [-0.15, -0.1) is 0 Å². The van der Waals surface area contributed by atoms with E-state index in [2.05, 4.69) is 4.90 Å². The summed E-state index contributed by atoms with van der Waals surface area (Å²) >= 11 is 12.3. The minimum Gasteiger partial charge on any atom is -0.493 e. The van der Waals surface area contributed by atoms with Crippen molar-refractivity contribution in [1.29, 1.82) is 0 Å². The molecular weight excluding hydrogens is 375 g/mol. The Balaban J connectivity index is 1.54. The van der Waals surface area contributed by atoms with E-state index in [0.29, 0.717) is 47.7 Å². The van der Waals surface area contributed by atoms with E-state index in [1.54, 1.807) is 36.3 Å². The molecule has 1 heterocycles. The first-order valence-corrected chi connectivity index (χ1v) is 9.07. The second-order valence-electron chi connectivity index (χ2n) is 5.90. The van der Waals surface area contributed by atoms with E-state index in [0.717, 1.165) is 5.69 Å². The van der Waals surface area contributed by atoms with E-state index < -0.39 is 0 Å². The van der Waals surface area contributed by atoms with Crippen LogP contribution >= 0.6 is 23.2 Å². The monoisotopic (exact) mass is 394 g/mol. The van der Waals surface area contributed by atoms with Gasteiger partial charge in [0.1, 0.15) is 0 Å². The third kappa shape index (κ3) is 4.34. The Kier molecular flexibility index (Phi) is 6.12. The fourth-order valence-electron chi connectivity index (χ4n) is 2.89. The molecule has 0 atom stereocenters. The van der Waals surface area contributed by atoms with Crippen LogP contribution in [-0.2, 0) is 4.79 Å². The number of amides is 1. The number of carbonyl (C=O) groups is 1. The number of hydrogen-bond donors (Lipinski definition) is 0. The number of anilines is 1. The highest BCUT2D eigenvalue weighted by Gasteiger charge is 2.23. The Labute approximate surface area is 163 Å². The summed E-state index contributed by atoms with van der Waals surface area (Å²) in [7, 11) is 1.57. The van der Waals surface area contributed by atoms with Gasteiger partial charge in [0.25, 0.3) is 5.91 Å². The van der Waals surface area contributed by atoms with Crippen LogP contribution in [0.3, 0.4) is 0 Å². The Morgan fingerprint density at radius 3 is 2.42 bits per heavy atom. The Morgan fingerprint density at radius 1 is 1.04 bits per heavy atom. The van der Waals surface area contributed by atoms with Crippen molar-refractivity contribution < 1.29 is 14.3 Å². The van der Waals surface area contributed by atoms with Gasteiger partial charge < -0.3 is 19.3 Å². The highest BCUT2D eigenvalue weighted by Crippen LogP contribution is 2.30. The Hall–Kier alpha value is -2.11. The molecule has 0 radical (unpaired) electrons. The molecule has 0 saturated carbocycles. The lowest BCUT2D eigenvalue weighted by molar-refractivity contribution is -0.133. The van der Waals surface area contributed by atoms with Crippen molar-refractivity contribution in [3.8, 4) is 11.5 Å². The molecule has 1 aliphatic heterocycles. The van der Waals surface area contributed by atoms with Crippen molar-refractivity contribution in [3.05, 3.63) is 52.5 Å². The van der Waals surface area contributed by atoms with Crippen LogP contribution in [0.5, 0.6) is 11.5 Å². The number of para-hydroxylation sites is 2. The standard InChI is InChI=1S/C19H20Cl2N2O3/c1-25-17-4-2-3-5-18(17)26-13-19(24)23-10-8-22(9-11-23)16-12-14(20)6-7-15(16)21/h2-7,12H,8-11,13H2,1H3. The lowest BCUT2D eigenvalue weighted by Crippen LogP contribution is -2.50. The average Bonchev–Trinajstić information content (AvgIpc) is 2.68. The van der Waals surface area contributed by atoms with Crippen molar-refractivity contribution in [2.24, 2.45) is 0 Å². The Bertz CT molecular complexity index is 777. The van der Waals surface area contributed by atoms with Gasteiger partial charge in [0, 0.05) is 31.2 Å². The molecule has 138 valence electrons. The Morgan fingerprint density at radius 2 is 1.73 bits per heavy atom. The number of methoxy groups -OCH3 is 1. The van der Waals surface area contributed by atoms with Crippen LogP contribution in [0, 0.1) is 0 Å². The SMILES string of the molecule is COc1ccccc1OCC(=O)N1CCN(c2cc(Cl)ccc2Cl)CC1. The summed E-state index contributed by atoms with van der Waals surface area (Å²) < 4.78 is 10.8. The first-order valence-electron chi connectivity index (χ1n) is 8.32. The van der Waals surface area contributed by atoms with Gasteiger partial charge in [0.15, 0.2) is 18.1 Å². The third-order valence-corrected chi connectivity index (χ3v) is 4.86. The van der Waals surface area contributed by atoms with Gasteiger partial charge in [0.2, 0.25) is 0 Å². The zero-order chi connectivity index (χ0) is 18.5. The van der Waals surface area contributed by atoms with E-state index in [-0.39, 0.29) is 12.5 Å². The topological polar surface area (TPSA) is 42.0 Å². The predicted molar refractivity (Wildman–Crippen MR) is 104 cm³/mol. The highest BCUT2D eigenvalue weighted by atomic mass is 35.5. The van der Waals surface area contributed by atoms with Crippen LogP contribution in [-0.4, -0.2) is 50.7 Å². The average molecular weight is 395 g/mol. The van der Waals surface area contributed by atoms with E-state index >= 15 is 0 Å². The van der Waals surface area contributed by atoms with E-state index in [1.165, 1.54) is 0 Å². The molecule has 0 spiro atoms. The van der Waals surface area contributed by atoms with Crippen molar-refractivity contribution in [2.75, 3.05) is 44.8 Å². The van der Waals surface area contributed by atoms with Crippen molar-refractivity contribution in [1.82, 2.24) is 4.90 Å². The molecule has 0 unspecified atom stereocenters. The molecule has 1 saturated heterocycles. The van der Waals surface area contributed by atoms with Gasteiger partial charge in [-0.3, -0.25) is 4.79 Å². The number of ether oxygens (including phenoxy) is 2. The summed E-state index contributed by atoms with van der Waals surface area (Å²) in [5.41, 5.74) is 0.900. The summed E-state index contributed by atoms with van der Waals surface area (Å²) in [6, 6.07) is 12.7. The number of halogens is 2. The summed E-state index contributed by atoms with van der Waals surface area (Å²) in [6.45, 7) is 2.59. The normalized spacial score (nSPS) is 14.3. The second-order valence-corrected chi connectivity index (χ2v) is 6.75. The quantitative estimate of drug-likeness (QED) is 0.774. The summed E-state index contributed by atoms with van der Waals surface area (Å²) in [5, 5.41) is 1.31. The number of piperazine rings is 1. The molecule has 0 aromatic heterocycles. The molecule has 5 nitrogen and oxygen atoms in total. The van der Waals surface area contributed by atoms with E-state index in [4.69, 9.17) is 32.7 Å². The number of rotatable bonds is 5. The minimum atomic E-state index is -0.0484. The molecule has 0 N–H and O–H groups in total. The minimum absolute atomic E-state index is 0.0156. The maximum atomic E-state index is 12.4. The van der Waals surface area contributed by atoms with Gasteiger partial charge in [-0.1, -0.05) is 35.3 Å². The van der Waals surface area contributed by atoms with Crippen LogP contribution in [0.1, 0.15) is 0 Å². The van der Waals surface area contributed by atoms with Crippen LogP contribution in [0.25, 0.3) is 0 Å². The van der Waals surface area contributed by atoms with Crippen LogP contribution < -0.4 is 14.4 Å². The molecule has 2 aromatic rings. The second kappa shape index (κ2) is 8.52. The molecule has 26 heavy (non-hydrogen) atoms. The van der Waals surface area contributed by atoms with Gasteiger partial charge in [-0.05, 0) is 30.3 Å². The summed E-state index contributed by atoms with van der Waals surface area (Å²) in [4.78, 5) is 16.4. The molecule has 0 bridgehead atoms. The molecule has 1 fully saturated rings. The van der Waals surface area contributed by atoms with Crippen LogP contribution in [0.15, 0.2) is 42.5 Å². The maximum Gasteiger partial charge on any atom is 0.260 e. The first-order chi connectivity index (χ1) is 12.6. The molecule has 7 heteroatoms. The lowest BCUT2D eigenvalue weighted by Gasteiger charge is -2.36.